The summed E-state index contributed by atoms with van der Waals surface area (Å²) in [4.78, 5) is 0. The number of rotatable bonds is 6. The average molecular weight is 423 g/mol. The van der Waals surface area contributed by atoms with E-state index in [1.165, 1.54) is 22.3 Å². The van der Waals surface area contributed by atoms with E-state index in [-0.39, 0.29) is 0 Å². The van der Waals surface area contributed by atoms with Crippen molar-refractivity contribution in [1.29, 1.82) is 0 Å². The quantitative estimate of drug-likeness (QED) is 0.295. The van der Waals surface area contributed by atoms with E-state index in [1.807, 2.05) is 12.1 Å². The second-order valence-electron chi connectivity index (χ2n) is 8.45. The number of benzene rings is 1. The molecular formula is C30H34N2+2. The molecular weight excluding hydrogens is 388 g/mol. The van der Waals surface area contributed by atoms with Crippen LogP contribution in [0.1, 0.15) is 59.1 Å². The van der Waals surface area contributed by atoms with Crippen molar-refractivity contribution in [2.24, 2.45) is 0 Å². The number of unbranched alkanes of at least 4 members (excludes halogenated alkanes) is 2. The van der Waals surface area contributed by atoms with Crippen LogP contribution in [-0.2, 0) is 13.1 Å². The van der Waals surface area contributed by atoms with Gasteiger partial charge in [0.05, 0.1) is 0 Å². The molecule has 0 saturated heterocycles. The third-order valence-electron chi connectivity index (χ3n) is 5.80. The lowest BCUT2D eigenvalue weighted by atomic mass is 10.1. The Morgan fingerprint density at radius 2 is 1.03 bits per heavy atom. The Morgan fingerprint density at radius 1 is 0.594 bits per heavy atom. The van der Waals surface area contributed by atoms with Gasteiger partial charge < -0.3 is 0 Å². The van der Waals surface area contributed by atoms with E-state index in [2.05, 4.69) is 110 Å². The zero-order chi connectivity index (χ0) is 22.8. The first-order valence-electron chi connectivity index (χ1n) is 11.5. The van der Waals surface area contributed by atoms with Gasteiger partial charge in [-0.3, -0.25) is 0 Å². The molecule has 2 nitrogen and oxygen atoms in total. The minimum atomic E-state index is 0.884. The van der Waals surface area contributed by atoms with Gasteiger partial charge in [-0.1, -0.05) is 35.8 Å². The number of aryl methyl sites for hydroxylation is 6. The predicted molar refractivity (Wildman–Crippen MR) is 131 cm³/mol. The molecule has 3 rings (SSSR count). The summed E-state index contributed by atoms with van der Waals surface area (Å²) in [5, 5.41) is 0. The number of pyridine rings is 2. The molecule has 0 bridgehead atoms. The normalized spacial score (nSPS) is 10.1. The molecule has 0 aliphatic carbocycles. The Morgan fingerprint density at radius 3 is 1.44 bits per heavy atom. The fourth-order valence-corrected chi connectivity index (χ4v) is 3.46. The lowest BCUT2D eigenvalue weighted by Gasteiger charge is -1.99. The van der Waals surface area contributed by atoms with Crippen molar-refractivity contribution in [3.63, 3.8) is 0 Å². The molecule has 2 heteroatoms. The Kier molecular flexibility index (Phi) is 8.65. The maximum Gasteiger partial charge on any atom is 0.171 e. The maximum atomic E-state index is 3.34. The second kappa shape index (κ2) is 11.9. The highest BCUT2D eigenvalue weighted by Crippen LogP contribution is 2.07. The third kappa shape index (κ3) is 7.11. The standard InChI is InChI=1S/C30H34N2/c1-25-17-21-31(23-27(25)3)19-11-5-7-13-29-15-9-10-16-30(29)14-8-6-12-20-32-22-18-26(2)28(4)24-32/h9-10,15-18,21-24H,5-6,11-12,19-20H2,1-4H3/q+2. The molecule has 32 heavy (non-hydrogen) atoms. The highest BCUT2D eigenvalue weighted by Gasteiger charge is 2.03. The summed E-state index contributed by atoms with van der Waals surface area (Å²) in [6, 6.07) is 12.6. The molecule has 0 unspecified atom stereocenters. The zero-order valence-electron chi connectivity index (χ0n) is 19.9. The number of aromatic nitrogens is 2. The van der Waals surface area contributed by atoms with Crippen molar-refractivity contribution in [2.75, 3.05) is 0 Å². The summed E-state index contributed by atoms with van der Waals surface area (Å²) in [6.07, 6.45) is 12.6. The van der Waals surface area contributed by atoms with Gasteiger partial charge >= 0.3 is 0 Å². The SMILES string of the molecule is Cc1cc[n+](CCCC#Cc2ccccc2C#CCCC[n+]2ccc(C)c(C)c2)cc1C. The van der Waals surface area contributed by atoms with Crippen LogP contribution in [0.2, 0.25) is 0 Å². The zero-order valence-corrected chi connectivity index (χ0v) is 19.9. The van der Waals surface area contributed by atoms with E-state index in [0.717, 1.165) is 49.9 Å². The second-order valence-corrected chi connectivity index (χ2v) is 8.45. The Labute approximate surface area is 194 Å². The summed E-state index contributed by atoms with van der Waals surface area (Å²) in [5.74, 6) is 13.3. The van der Waals surface area contributed by atoms with Gasteiger partial charge in [0, 0.05) is 60.1 Å². The van der Waals surface area contributed by atoms with Crippen LogP contribution < -0.4 is 9.13 Å². The first kappa shape index (κ1) is 23.3. The molecule has 1 aromatic carbocycles. The van der Waals surface area contributed by atoms with Crippen LogP contribution in [0.4, 0.5) is 0 Å². The number of hydrogen-bond acceptors (Lipinski definition) is 0. The van der Waals surface area contributed by atoms with E-state index in [9.17, 15) is 0 Å². The van der Waals surface area contributed by atoms with Crippen LogP contribution >= 0.6 is 0 Å². The van der Waals surface area contributed by atoms with Crippen LogP contribution in [0.5, 0.6) is 0 Å². The highest BCUT2D eigenvalue weighted by molar-refractivity contribution is 5.49. The summed E-state index contributed by atoms with van der Waals surface area (Å²) in [7, 11) is 0. The van der Waals surface area contributed by atoms with Gasteiger partial charge in [-0.2, -0.15) is 0 Å². The molecule has 3 aromatic rings. The van der Waals surface area contributed by atoms with Gasteiger partial charge in [-0.15, -0.1) is 0 Å². The molecule has 0 N–H and O–H groups in total. The maximum absolute atomic E-state index is 3.34. The van der Waals surface area contributed by atoms with Crippen molar-refractivity contribution >= 4 is 0 Å². The summed E-state index contributed by atoms with van der Waals surface area (Å²) in [5.41, 5.74) is 7.40. The van der Waals surface area contributed by atoms with Crippen LogP contribution in [0.3, 0.4) is 0 Å². The summed E-state index contributed by atoms with van der Waals surface area (Å²) >= 11 is 0. The Bertz CT molecular complexity index is 1090. The lowest BCUT2D eigenvalue weighted by Crippen LogP contribution is -2.33. The molecule has 2 aromatic heterocycles. The van der Waals surface area contributed by atoms with Crippen LogP contribution in [0, 0.1) is 51.4 Å². The van der Waals surface area contributed by atoms with Crippen molar-refractivity contribution < 1.29 is 9.13 Å². The minimum absolute atomic E-state index is 0.884. The Hall–Kier alpha value is -3.36. The molecule has 0 radical (unpaired) electrons. The van der Waals surface area contributed by atoms with Gasteiger partial charge in [-0.05, 0) is 51.0 Å². The van der Waals surface area contributed by atoms with Gasteiger partial charge in [-0.25, -0.2) is 9.13 Å². The van der Waals surface area contributed by atoms with Gasteiger partial charge in [0.15, 0.2) is 24.8 Å². The lowest BCUT2D eigenvalue weighted by molar-refractivity contribution is -0.697. The molecule has 162 valence electrons. The van der Waals surface area contributed by atoms with E-state index >= 15 is 0 Å². The molecule has 0 fully saturated rings. The molecule has 0 amide bonds. The van der Waals surface area contributed by atoms with E-state index in [4.69, 9.17) is 0 Å². The highest BCUT2D eigenvalue weighted by atomic mass is 14.9. The summed E-state index contributed by atoms with van der Waals surface area (Å²) in [6.45, 7) is 10.6. The molecule has 0 saturated carbocycles. The van der Waals surface area contributed by atoms with Gasteiger partial charge in [0.1, 0.15) is 13.1 Å². The number of nitrogens with zero attached hydrogens (tertiary/aromatic N) is 2. The van der Waals surface area contributed by atoms with Crippen molar-refractivity contribution in [1.82, 2.24) is 0 Å². The van der Waals surface area contributed by atoms with Crippen molar-refractivity contribution in [3.8, 4) is 23.7 Å². The predicted octanol–water partition coefficient (Wildman–Crippen LogP) is 5.16. The summed E-state index contributed by atoms with van der Waals surface area (Å²) < 4.78 is 4.50. The van der Waals surface area contributed by atoms with Crippen LogP contribution in [0.15, 0.2) is 61.2 Å². The molecule has 2 heterocycles. The van der Waals surface area contributed by atoms with E-state index < -0.39 is 0 Å². The monoisotopic (exact) mass is 422 g/mol. The largest absolute Gasteiger partial charge is 0.205 e. The first-order chi connectivity index (χ1) is 15.5. The first-order valence-corrected chi connectivity index (χ1v) is 11.5. The number of hydrogen-bond donors (Lipinski definition) is 0. The van der Waals surface area contributed by atoms with Gasteiger partial charge in [0.25, 0.3) is 0 Å². The fraction of sp³-hybridized carbons (Fsp3) is 0.333. The smallest absolute Gasteiger partial charge is 0.171 e. The minimum Gasteiger partial charge on any atom is -0.205 e. The molecule has 0 aliphatic heterocycles. The van der Waals surface area contributed by atoms with Crippen molar-refractivity contribution in [3.05, 3.63) is 94.6 Å². The van der Waals surface area contributed by atoms with Crippen molar-refractivity contribution in [2.45, 2.75) is 66.5 Å². The topological polar surface area (TPSA) is 7.76 Å². The van der Waals surface area contributed by atoms with Crippen LogP contribution in [0.25, 0.3) is 0 Å². The Balaban J connectivity index is 1.49. The van der Waals surface area contributed by atoms with Gasteiger partial charge in [0.2, 0.25) is 0 Å². The van der Waals surface area contributed by atoms with E-state index in [1.54, 1.807) is 0 Å². The van der Waals surface area contributed by atoms with Crippen LogP contribution in [-0.4, -0.2) is 0 Å². The molecule has 0 spiro atoms. The average Bonchev–Trinajstić information content (AvgIpc) is 2.79. The molecule has 0 aliphatic rings. The fourth-order valence-electron chi connectivity index (χ4n) is 3.46. The third-order valence-corrected chi connectivity index (χ3v) is 5.80. The molecule has 0 atom stereocenters. The van der Waals surface area contributed by atoms with E-state index in [0.29, 0.717) is 0 Å².